The summed E-state index contributed by atoms with van der Waals surface area (Å²) in [5.41, 5.74) is 3.80. The Bertz CT molecular complexity index is 919. The molecule has 1 aromatic heterocycles. The van der Waals surface area contributed by atoms with Crippen molar-refractivity contribution in [3.05, 3.63) is 81.3 Å². The van der Waals surface area contributed by atoms with Gasteiger partial charge in [-0.15, -0.1) is 0 Å². The predicted octanol–water partition coefficient (Wildman–Crippen LogP) is 4.32. The average Bonchev–Trinajstić information content (AvgIpc) is 2.94. The highest BCUT2D eigenvalue weighted by atomic mass is 79.9. The fourth-order valence-corrected chi connectivity index (χ4v) is 3.01. The van der Waals surface area contributed by atoms with Gasteiger partial charge in [-0.05, 0) is 62.4 Å². The molecule has 1 amide bonds. The zero-order valence-corrected chi connectivity index (χ0v) is 15.5. The summed E-state index contributed by atoms with van der Waals surface area (Å²) in [4.78, 5) is 12.3. The van der Waals surface area contributed by atoms with Crippen molar-refractivity contribution in [3.8, 4) is 5.69 Å². The third-order valence-corrected chi connectivity index (χ3v) is 4.32. The van der Waals surface area contributed by atoms with E-state index in [9.17, 15) is 9.18 Å². The summed E-state index contributed by atoms with van der Waals surface area (Å²) >= 11 is 3.30. The number of nitrogens with zero attached hydrogens (tertiary/aromatic N) is 2. The van der Waals surface area contributed by atoms with E-state index in [1.807, 2.05) is 36.7 Å². The summed E-state index contributed by atoms with van der Waals surface area (Å²) < 4.78 is 16.3. The summed E-state index contributed by atoms with van der Waals surface area (Å²) in [5.74, 6) is -0.595. The van der Waals surface area contributed by atoms with E-state index in [2.05, 4.69) is 26.3 Å². The van der Waals surface area contributed by atoms with Gasteiger partial charge in [-0.1, -0.05) is 15.9 Å². The highest BCUT2D eigenvalue weighted by Gasteiger charge is 2.09. The minimum atomic E-state index is -0.344. The largest absolute Gasteiger partial charge is 0.348 e. The van der Waals surface area contributed by atoms with Crippen molar-refractivity contribution >= 4 is 21.8 Å². The van der Waals surface area contributed by atoms with Crippen LogP contribution >= 0.6 is 15.9 Å². The first-order chi connectivity index (χ1) is 11.9. The van der Waals surface area contributed by atoms with Crippen LogP contribution in [0.5, 0.6) is 0 Å². The van der Waals surface area contributed by atoms with Gasteiger partial charge in [-0.25, -0.2) is 9.07 Å². The molecule has 0 saturated carbocycles. The summed E-state index contributed by atoms with van der Waals surface area (Å²) in [6.45, 7) is 4.04. The van der Waals surface area contributed by atoms with Crippen molar-refractivity contribution in [2.75, 3.05) is 0 Å². The van der Waals surface area contributed by atoms with Gasteiger partial charge in [0.1, 0.15) is 5.82 Å². The minimum Gasteiger partial charge on any atom is -0.348 e. The quantitative estimate of drug-likeness (QED) is 0.707. The van der Waals surface area contributed by atoms with Crippen molar-refractivity contribution in [2.45, 2.75) is 20.4 Å². The van der Waals surface area contributed by atoms with Crippen LogP contribution in [0.15, 0.2) is 53.0 Å². The molecule has 0 bridgehead atoms. The molecule has 0 saturated heterocycles. The molecule has 0 aliphatic carbocycles. The maximum absolute atomic E-state index is 13.7. The van der Waals surface area contributed by atoms with E-state index in [1.165, 1.54) is 6.07 Å². The van der Waals surface area contributed by atoms with Crippen molar-refractivity contribution in [1.82, 2.24) is 15.1 Å². The second kappa shape index (κ2) is 7.19. The van der Waals surface area contributed by atoms with E-state index in [4.69, 9.17) is 0 Å². The number of halogens is 2. The number of aryl methyl sites for hydroxylation is 2. The van der Waals surface area contributed by atoms with Gasteiger partial charge in [0.2, 0.25) is 0 Å². The second-order valence-electron chi connectivity index (χ2n) is 5.80. The Morgan fingerprint density at radius 2 is 1.88 bits per heavy atom. The molecule has 0 atom stereocenters. The Labute approximate surface area is 153 Å². The van der Waals surface area contributed by atoms with E-state index in [0.29, 0.717) is 11.1 Å². The summed E-state index contributed by atoms with van der Waals surface area (Å²) in [7, 11) is 0. The molecule has 1 N–H and O–H groups in total. The fraction of sp³-hybridized carbons (Fsp3) is 0.158. The van der Waals surface area contributed by atoms with E-state index in [0.717, 1.165) is 21.5 Å². The molecular weight excluding hydrogens is 385 g/mol. The predicted molar refractivity (Wildman–Crippen MR) is 98.3 cm³/mol. The van der Waals surface area contributed by atoms with Crippen LogP contribution in [0.2, 0.25) is 0 Å². The van der Waals surface area contributed by atoms with E-state index in [1.54, 1.807) is 24.3 Å². The van der Waals surface area contributed by atoms with Crippen LogP contribution in [0.3, 0.4) is 0 Å². The van der Waals surface area contributed by atoms with Crippen LogP contribution in [-0.2, 0) is 6.54 Å². The molecule has 0 spiro atoms. The number of aromatic nitrogens is 2. The van der Waals surface area contributed by atoms with Crippen molar-refractivity contribution < 1.29 is 9.18 Å². The number of hydrogen-bond acceptors (Lipinski definition) is 2. The van der Waals surface area contributed by atoms with Crippen LogP contribution in [0, 0.1) is 19.7 Å². The standard InChI is InChI=1S/C19H17BrFN3O/c1-12-9-13(2)24(23-12)17-6-3-14(4-7-17)19(25)22-11-15-10-16(20)5-8-18(15)21/h3-10H,11H2,1-2H3,(H,22,25). The number of hydrogen-bond donors (Lipinski definition) is 1. The number of nitrogens with one attached hydrogen (secondary N) is 1. The zero-order valence-electron chi connectivity index (χ0n) is 13.9. The Hall–Kier alpha value is -2.47. The average molecular weight is 402 g/mol. The molecule has 0 fully saturated rings. The van der Waals surface area contributed by atoms with Gasteiger partial charge in [0, 0.05) is 27.8 Å². The minimum absolute atomic E-state index is 0.128. The van der Waals surface area contributed by atoms with Gasteiger partial charge in [-0.3, -0.25) is 4.79 Å². The van der Waals surface area contributed by atoms with Gasteiger partial charge in [-0.2, -0.15) is 5.10 Å². The number of rotatable bonds is 4. The second-order valence-corrected chi connectivity index (χ2v) is 6.72. The van der Waals surface area contributed by atoms with E-state index >= 15 is 0 Å². The topological polar surface area (TPSA) is 46.9 Å². The molecule has 0 aliphatic heterocycles. The summed E-state index contributed by atoms with van der Waals surface area (Å²) in [6.07, 6.45) is 0. The highest BCUT2D eigenvalue weighted by molar-refractivity contribution is 9.10. The lowest BCUT2D eigenvalue weighted by Crippen LogP contribution is -2.23. The first kappa shape index (κ1) is 17.4. The van der Waals surface area contributed by atoms with Crippen LogP contribution in [0.25, 0.3) is 5.69 Å². The monoisotopic (exact) mass is 401 g/mol. The highest BCUT2D eigenvalue weighted by Crippen LogP contribution is 2.16. The maximum atomic E-state index is 13.7. The lowest BCUT2D eigenvalue weighted by Gasteiger charge is -2.08. The van der Waals surface area contributed by atoms with Gasteiger partial charge >= 0.3 is 0 Å². The van der Waals surface area contributed by atoms with Gasteiger partial charge in [0.15, 0.2) is 0 Å². The first-order valence-corrected chi connectivity index (χ1v) is 8.59. The Morgan fingerprint density at radius 3 is 2.52 bits per heavy atom. The van der Waals surface area contributed by atoms with E-state index in [-0.39, 0.29) is 18.3 Å². The Kier molecular flexibility index (Phi) is 4.99. The molecule has 6 heteroatoms. The Morgan fingerprint density at radius 1 is 1.16 bits per heavy atom. The number of benzene rings is 2. The normalized spacial score (nSPS) is 10.7. The molecule has 25 heavy (non-hydrogen) atoms. The molecule has 4 nitrogen and oxygen atoms in total. The third kappa shape index (κ3) is 3.96. The number of amides is 1. The van der Waals surface area contributed by atoms with E-state index < -0.39 is 0 Å². The zero-order chi connectivity index (χ0) is 18.0. The van der Waals surface area contributed by atoms with Gasteiger partial charge in [0.05, 0.1) is 11.4 Å². The molecule has 0 aliphatic rings. The molecule has 1 heterocycles. The van der Waals surface area contributed by atoms with Crippen LogP contribution in [-0.4, -0.2) is 15.7 Å². The number of carbonyl (C=O) groups excluding carboxylic acids is 1. The van der Waals surface area contributed by atoms with Gasteiger partial charge in [0.25, 0.3) is 5.91 Å². The Balaban J connectivity index is 1.70. The molecule has 3 aromatic rings. The maximum Gasteiger partial charge on any atom is 0.251 e. The molecule has 2 aromatic carbocycles. The smallest absolute Gasteiger partial charge is 0.251 e. The van der Waals surface area contributed by atoms with Gasteiger partial charge < -0.3 is 5.32 Å². The molecule has 0 radical (unpaired) electrons. The first-order valence-electron chi connectivity index (χ1n) is 7.80. The fourth-order valence-electron chi connectivity index (χ4n) is 2.60. The summed E-state index contributed by atoms with van der Waals surface area (Å²) in [6, 6.07) is 13.8. The summed E-state index contributed by atoms with van der Waals surface area (Å²) in [5, 5.41) is 7.15. The third-order valence-electron chi connectivity index (χ3n) is 3.83. The van der Waals surface area contributed by atoms with Crippen LogP contribution in [0.1, 0.15) is 27.3 Å². The number of carbonyl (C=O) groups is 1. The van der Waals surface area contributed by atoms with Crippen molar-refractivity contribution in [1.29, 1.82) is 0 Å². The lowest BCUT2D eigenvalue weighted by molar-refractivity contribution is 0.0950. The molecule has 3 rings (SSSR count). The lowest BCUT2D eigenvalue weighted by atomic mass is 10.1. The van der Waals surface area contributed by atoms with Crippen molar-refractivity contribution in [3.63, 3.8) is 0 Å². The molecule has 0 unspecified atom stereocenters. The van der Waals surface area contributed by atoms with Crippen LogP contribution in [0.4, 0.5) is 4.39 Å². The molecular formula is C19H17BrFN3O. The molecule has 128 valence electrons. The SMILES string of the molecule is Cc1cc(C)n(-c2ccc(C(=O)NCc3cc(Br)ccc3F)cc2)n1. The van der Waals surface area contributed by atoms with Crippen LogP contribution < -0.4 is 5.32 Å². The van der Waals surface area contributed by atoms with Crippen molar-refractivity contribution in [2.24, 2.45) is 0 Å².